The SMILES string of the molecule is CCC(CC)COP(=S)(Oc1ccccc1)Oc1ccccc1. The summed E-state index contributed by atoms with van der Waals surface area (Å²) in [5.41, 5.74) is 0. The van der Waals surface area contributed by atoms with Gasteiger partial charge in [-0.2, -0.15) is 0 Å². The molecule has 2 aromatic carbocycles. The number of benzene rings is 2. The van der Waals surface area contributed by atoms with Gasteiger partial charge in [0.15, 0.2) is 0 Å². The van der Waals surface area contributed by atoms with Crippen LogP contribution >= 0.6 is 6.72 Å². The molecule has 124 valence electrons. The van der Waals surface area contributed by atoms with Crippen molar-refractivity contribution in [2.45, 2.75) is 26.7 Å². The molecule has 0 aliphatic heterocycles. The maximum atomic E-state index is 5.96. The Morgan fingerprint density at radius 2 is 1.26 bits per heavy atom. The lowest BCUT2D eigenvalue weighted by Gasteiger charge is -2.24. The van der Waals surface area contributed by atoms with Crippen LogP contribution in [0.1, 0.15) is 26.7 Å². The van der Waals surface area contributed by atoms with Gasteiger partial charge in [0.25, 0.3) is 0 Å². The highest BCUT2D eigenvalue weighted by Crippen LogP contribution is 2.50. The van der Waals surface area contributed by atoms with E-state index in [1.165, 1.54) is 0 Å². The first-order valence-corrected chi connectivity index (χ1v) is 10.4. The summed E-state index contributed by atoms with van der Waals surface area (Å²) < 4.78 is 17.8. The fraction of sp³-hybridized carbons (Fsp3) is 0.333. The van der Waals surface area contributed by atoms with Gasteiger partial charge < -0.3 is 9.05 Å². The Labute approximate surface area is 143 Å². The first kappa shape index (κ1) is 18.0. The van der Waals surface area contributed by atoms with Gasteiger partial charge in [0.2, 0.25) is 0 Å². The van der Waals surface area contributed by atoms with Crippen LogP contribution in [0.25, 0.3) is 0 Å². The summed E-state index contributed by atoms with van der Waals surface area (Å²) in [6, 6.07) is 18.9. The van der Waals surface area contributed by atoms with Gasteiger partial charge in [-0.15, -0.1) is 0 Å². The van der Waals surface area contributed by atoms with Gasteiger partial charge in [-0.1, -0.05) is 63.1 Å². The first-order valence-electron chi connectivity index (χ1n) is 7.89. The van der Waals surface area contributed by atoms with Crippen molar-refractivity contribution < 1.29 is 13.6 Å². The molecule has 0 amide bonds. The van der Waals surface area contributed by atoms with E-state index < -0.39 is 6.72 Å². The van der Waals surface area contributed by atoms with E-state index in [9.17, 15) is 0 Å². The Bertz CT molecular complexity index is 569. The molecule has 0 unspecified atom stereocenters. The highest BCUT2D eigenvalue weighted by molar-refractivity contribution is 8.07. The quantitative estimate of drug-likeness (QED) is 0.533. The molecule has 3 nitrogen and oxygen atoms in total. The highest BCUT2D eigenvalue weighted by Gasteiger charge is 2.25. The van der Waals surface area contributed by atoms with Crippen molar-refractivity contribution in [3.63, 3.8) is 0 Å². The highest BCUT2D eigenvalue weighted by atomic mass is 32.5. The molecule has 0 spiro atoms. The predicted molar refractivity (Wildman–Crippen MR) is 98.4 cm³/mol. The number of rotatable bonds is 9. The summed E-state index contributed by atoms with van der Waals surface area (Å²) in [5, 5.41) is 0. The van der Waals surface area contributed by atoms with Gasteiger partial charge in [-0.25, -0.2) is 0 Å². The molecule has 0 aliphatic carbocycles. The molecule has 0 radical (unpaired) electrons. The van der Waals surface area contributed by atoms with E-state index in [0.717, 1.165) is 12.8 Å². The van der Waals surface area contributed by atoms with Crippen LogP contribution in [0.2, 0.25) is 0 Å². The zero-order valence-electron chi connectivity index (χ0n) is 13.6. The number of hydrogen-bond donors (Lipinski definition) is 0. The first-order chi connectivity index (χ1) is 11.1. The molecule has 0 N–H and O–H groups in total. The fourth-order valence-corrected chi connectivity index (χ4v) is 4.01. The molecule has 0 bridgehead atoms. The van der Waals surface area contributed by atoms with Gasteiger partial charge in [0.1, 0.15) is 11.5 Å². The summed E-state index contributed by atoms with van der Waals surface area (Å²) in [6.45, 7) is 1.94. The third-order valence-corrected chi connectivity index (χ3v) is 5.64. The molecule has 0 heterocycles. The zero-order chi connectivity index (χ0) is 16.5. The van der Waals surface area contributed by atoms with E-state index in [-0.39, 0.29) is 0 Å². The zero-order valence-corrected chi connectivity index (χ0v) is 15.3. The van der Waals surface area contributed by atoms with E-state index >= 15 is 0 Å². The molecule has 5 heteroatoms. The molecule has 0 aliphatic rings. The lowest BCUT2D eigenvalue weighted by Crippen LogP contribution is -2.11. The smallest absolute Gasteiger partial charge is 0.416 e. The molecule has 0 aromatic heterocycles. The Morgan fingerprint density at radius 3 is 1.65 bits per heavy atom. The van der Waals surface area contributed by atoms with E-state index in [1.807, 2.05) is 60.7 Å². The maximum absolute atomic E-state index is 5.96. The molecular weight excluding hydrogens is 327 g/mol. The van der Waals surface area contributed by atoms with Crippen LogP contribution in [0.3, 0.4) is 0 Å². The summed E-state index contributed by atoms with van der Waals surface area (Å²) in [7, 11) is 0. The minimum atomic E-state index is -2.91. The van der Waals surface area contributed by atoms with Crippen molar-refractivity contribution in [1.29, 1.82) is 0 Å². The van der Waals surface area contributed by atoms with Crippen molar-refractivity contribution in [3.05, 3.63) is 60.7 Å². The van der Waals surface area contributed by atoms with Crippen LogP contribution in [0.15, 0.2) is 60.7 Å². The molecule has 23 heavy (non-hydrogen) atoms. The molecule has 2 aromatic rings. The summed E-state index contributed by atoms with van der Waals surface area (Å²) >= 11 is 5.62. The van der Waals surface area contributed by atoms with Gasteiger partial charge in [0, 0.05) is 11.8 Å². The van der Waals surface area contributed by atoms with Gasteiger partial charge in [0.05, 0.1) is 6.61 Å². The molecule has 0 atom stereocenters. The Balaban J connectivity index is 2.14. The van der Waals surface area contributed by atoms with E-state index in [4.69, 9.17) is 25.4 Å². The van der Waals surface area contributed by atoms with Crippen LogP contribution in [0.4, 0.5) is 0 Å². The van der Waals surface area contributed by atoms with E-state index in [1.54, 1.807) is 0 Å². The van der Waals surface area contributed by atoms with Gasteiger partial charge >= 0.3 is 6.72 Å². The molecule has 2 rings (SSSR count). The second-order valence-electron chi connectivity index (χ2n) is 5.23. The van der Waals surface area contributed by atoms with Crippen molar-refractivity contribution in [2.75, 3.05) is 6.61 Å². The summed E-state index contributed by atoms with van der Waals surface area (Å²) in [6.07, 6.45) is 2.09. The van der Waals surface area contributed by atoms with Crippen molar-refractivity contribution >= 4 is 18.5 Å². The van der Waals surface area contributed by atoms with Crippen molar-refractivity contribution in [2.24, 2.45) is 5.92 Å². The van der Waals surface area contributed by atoms with Crippen LogP contribution in [-0.2, 0) is 16.3 Å². The Kier molecular flexibility index (Phi) is 7.10. The molecule has 0 fully saturated rings. The molecular formula is C18H23O3PS. The summed E-state index contributed by atoms with van der Waals surface area (Å²) in [5.74, 6) is 1.78. The minimum absolute atomic E-state index is 0.455. The topological polar surface area (TPSA) is 27.7 Å². The Hall–Kier alpha value is -1.35. The summed E-state index contributed by atoms with van der Waals surface area (Å²) in [4.78, 5) is 0. The fourth-order valence-electron chi connectivity index (χ4n) is 2.01. The van der Waals surface area contributed by atoms with Crippen molar-refractivity contribution in [1.82, 2.24) is 0 Å². The lowest BCUT2D eigenvalue weighted by atomic mass is 10.1. The molecule has 0 saturated heterocycles. The Morgan fingerprint density at radius 1 is 0.826 bits per heavy atom. The average Bonchev–Trinajstić information content (AvgIpc) is 2.57. The van der Waals surface area contributed by atoms with Crippen LogP contribution < -0.4 is 9.05 Å². The van der Waals surface area contributed by atoms with Crippen LogP contribution in [0, 0.1) is 5.92 Å². The third kappa shape index (κ3) is 5.98. The second kappa shape index (κ2) is 9.07. The number of para-hydroxylation sites is 2. The van der Waals surface area contributed by atoms with E-state index in [2.05, 4.69) is 13.8 Å². The molecule has 0 saturated carbocycles. The lowest BCUT2D eigenvalue weighted by molar-refractivity contribution is 0.211. The largest absolute Gasteiger partial charge is 0.434 e. The van der Waals surface area contributed by atoms with Crippen LogP contribution in [0.5, 0.6) is 11.5 Å². The standard InChI is InChI=1S/C18H23O3PS/c1-3-16(4-2)15-19-22(23,20-17-11-7-5-8-12-17)21-18-13-9-6-10-14-18/h5-14,16H,3-4,15H2,1-2H3. The van der Waals surface area contributed by atoms with Gasteiger partial charge in [-0.05, 0) is 30.2 Å². The van der Waals surface area contributed by atoms with E-state index in [0.29, 0.717) is 24.0 Å². The monoisotopic (exact) mass is 350 g/mol. The average molecular weight is 350 g/mol. The maximum Gasteiger partial charge on any atom is 0.434 e. The van der Waals surface area contributed by atoms with Crippen molar-refractivity contribution in [3.8, 4) is 11.5 Å². The van der Waals surface area contributed by atoms with Crippen LogP contribution in [-0.4, -0.2) is 6.61 Å². The minimum Gasteiger partial charge on any atom is -0.416 e. The third-order valence-electron chi connectivity index (χ3n) is 3.54. The normalized spacial score (nSPS) is 11.4. The predicted octanol–water partition coefficient (Wildman–Crippen LogP) is 5.82. The van der Waals surface area contributed by atoms with Gasteiger partial charge in [-0.3, -0.25) is 4.52 Å². The number of hydrogen-bond acceptors (Lipinski definition) is 4. The second-order valence-corrected chi connectivity index (χ2v) is 8.09.